The van der Waals surface area contributed by atoms with E-state index in [2.05, 4.69) is 20.2 Å². The molecule has 9 heteroatoms. The number of morpholine rings is 1. The van der Waals surface area contributed by atoms with Crippen LogP contribution in [0.15, 0.2) is 73.1 Å². The lowest BCUT2D eigenvalue weighted by molar-refractivity contribution is -0.384. The molecule has 37 heavy (non-hydrogen) atoms. The van der Waals surface area contributed by atoms with Gasteiger partial charge >= 0.3 is 0 Å². The number of nitro groups is 1. The van der Waals surface area contributed by atoms with Gasteiger partial charge in [-0.05, 0) is 29.3 Å². The third-order valence-corrected chi connectivity index (χ3v) is 6.78. The minimum absolute atomic E-state index is 0.00695. The maximum atomic E-state index is 13.1. The van der Waals surface area contributed by atoms with Gasteiger partial charge in [0.1, 0.15) is 0 Å². The van der Waals surface area contributed by atoms with Gasteiger partial charge in [0, 0.05) is 79.5 Å². The Balaban J connectivity index is 1.41. The van der Waals surface area contributed by atoms with Crippen molar-refractivity contribution >= 4 is 22.5 Å². The highest BCUT2D eigenvalue weighted by Gasteiger charge is 2.23. The van der Waals surface area contributed by atoms with Crippen LogP contribution < -0.4 is 5.32 Å². The van der Waals surface area contributed by atoms with E-state index in [1.54, 1.807) is 18.3 Å². The second-order valence-electron chi connectivity index (χ2n) is 9.13. The summed E-state index contributed by atoms with van der Waals surface area (Å²) in [6.07, 6.45) is 3.84. The molecule has 5 rings (SSSR count). The predicted octanol–water partition coefficient (Wildman–Crippen LogP) is 4.11. The van der Waals surface area contributed by atoms with Gasteiger partial charge in [-0.1, -0.05) is 30.3 Å². The van der Waals surface area contributed by atoms with E-state index in [1.165, 1.54) is 6.07 Å². The average Bonchev–Trinajstić information content (AvgIpc) is 3.36. The fourth-order valence-corrected chi connectivity index (χ4v) is 4.83. The van der Waals surface area contributed by atoms with Crippen LogP contribution in [-0.4, -0.2) is 65.1 Å². The highest BCUT2D eigenvalue weighted by molar-refractivity contribution is 5.89. The number of pyridine rings is 1. The molecule has 4 aromatic rings. The van der Waals surface area contributed by atoms with Crippen LogP contribution in [0.2, 0.25) is 0 Å². The van der Waals surface area contributed by atoms with Crippen LogP contribution in [0.25, 0.3) is 22.2 Å². The molecule has 0 spiro atoms. The van der Waals surface area contributed by atoms with Gasteiger partial charge in [0.25, 0.3) is 5.69 Å². The highest BCUT2D eigenvalue weighted by atomic mass is 16.6. The Morgan fingerprint density at radius 2 is 2.00 bits per heavy atom. The van der Waals surface area contributed by atoms with Crippen molar-refractivity contribution in [2.75, 3.05) is 39.4 Å². The number of carbonyl (C=O) groups excluding carboxylic acids is 1. The summed E-state index contributed by atoms with van der Waals surface area (Å²) >= 11 is 0. The number of nitro benzene ring substituents is 1. The first-order valence-corrected chi connectivity index (χ1v) is 12.4. The summed E-state index contributed by atoms with van der Waals surface area (Å²) in [6.45, 7) is 4.46. The van der Waals surface area contributed by atoms with Crippen LogP contribution in [0.5, 0.6) is 0 Å². The molecule has 2 aromatic carbocycles. The number of rotatable bonds is 9. The fraction of sp³-hybridized carbons (Fsp3) is 0.286. The van der Waals surface area contributed by atoms with Crippen molar-refractivity contribution in [3.05, 3.63) is 94.3 Å². The monoisotopic (exact) mass is 499 g/mol. The number of ether oxygens (including phenoxy) is 1. The standard InChI is InChI=1S/C28H29N5O4/c34-28(30-10-11-32-12-14-37-15-13-32)18-24(20-4-3-5-22(16-20)33(35)36)25-19-31-27-17-21(7-8-23(25)27)26-6-1-2-9-29-26/h1-9,16-17,19,24,31H,10-15,18H2,(H,30,34)/t24-/m0/s1. The van der Waals surface area contributed by atoms with Gasteiger partial charge in [-0.3, -0.25) is 24.8 Å². The molecule has 1 amide bonds. The molecule has 9 nitrogen and oxygen atoms in total. The highest BCUT2D eigenvalue weighted by Crippen LogP contribution is 2.36. The lowest BCUT2D eigenvalue weighted by atomic mass is 9.87. The van der Waals surface area contributed by atoms with Crippen molar-refractivity contribution in [2.24, 2.45) is 0 Å². The third-order valence-electron chi connectivity index (χ3n) is 6.78. The van der Waals surface area contributed by atoms with E-state index in [0.717, 1.165) is 52.9 Å². The molecule has 2 N–H and O–H groups in total. The molecule has 0 aliphatic carbocycles. The first kappa shape index (κ1) is 24.6. The van der Waals surface area contributed by atoms with Crippen LogP contribution in [0.1, 0.15) is 23.5 Å². The Labute approximate surface area is 214 Å². The number of H-pyrrole nitrogens is 1. The summed E-state index contributed by atoms with van der Waals surface area (Å²) in [6, 6.07) is 18.4. The number of hydrogen-bond donors (Lipinski definition) is 2. The van der Waals surface area contributed by atoms with E-state index in [1.807, 2.05) is 48.7 Å². The molecule has 1 saturated heterocycles. The minimum atomic E-state index is -0.405. The van der Waals surface area contributed by atoms with Gasteiger partial charge in [-0.15, -0.1) is 0 Å². The molecule has 0 unspecified atom stereocenters. The second-order valence-corrected chi connectivity index (χ2v) is 9.13. The van der Waals surface area contributed by atoms with Crippen molar-refractivity contribution in [1.82, 2.24) is 20.2 Å². The van der Waals surface area contributed by atoms with E-state index < -0.39 is 4.92 Å². The van der Waals surface area contributed by atoms with Gasteiger partial charge in [0.05, 0.1) is 23.8 Å². The zero-order chi connectivity index (χ0) is 25.6. The molecule has 1 fully saturated rings. The fourth-order valence-electron chi connectivity index (χ4n) is 4.83. The van der Waals surface area contributed by atoms with Crippen LogP contribution in [0, 0.1) is 10.1 Å². The Hall–Kier alpha value is -4.08. The van der Waals surface area contributed by atoms with Gasteiger partial charge in [-0.25, -0.2) is 0 Å². The number of nitrogens with one attached hydrogen (secondary N) is 2. The second kappa shape index (κ2) is 11.3. The number of aromatic amines is 1. The van der Waals surface area contributed by atoms with Gasteiger partial charge in [0.2, 0.25) is 5.91 Å². The number of benzene rings is 2. The number of non-ortho nitro benzene ring substituents is 1. The van der Waals surface area contributed by atoms with Crippen LogP contribution >= 0.6 is 0 Å². The average molecular weight is 500 g/mol. The van der Waals surface area contributed by atoms with E-state index in [-0.39, 0.29) is 23.9 Å². The molecule has 0 saturated carbocycles. The van der Waals surface area contributed by atoms with Crippen molar-refractivity contribution in [3.63, 3.8) is 0 Å². The topological polar surface area (TPSA) is 113 Å². The largest absolute Gasteiger partial charge is 0.379 e. The summed E-state index contributed by atoms with van der Waals surface area (Å²) in [5.41, 5.74) is 4.43. The molecule has 0 bridgehead atoms. The Morgan fingerprint density at radius 1 is 1.14 bits per heavy atom. The molecule has 1 aliphatic rings. The molecular formula is C28H29N5O4. The Kier molecular flexibility index (Phi) is 7.53. The first-order valence-electron chi connectivity index (χ1n) is 12.4. The number of aromatic nitrogens is 2. The van der Waals surface area contributed by atoms with E-state index in [9.17, 15) is 14.9 Å². The smallest absolute Gasteiger partial charge is 0.269 e. The Bertz CT molecular complexity index is 1380. The van der Waals surface area contributed by atoms with Crippen molar-refractivity contribution in [2.45, 2.75) is 12.3 Å². The maximum Gasteiger partial charge on any atom is 0.269 e. The summed E-state index contributed by atoms with van der Waals surface area (Å²) < 4.78 is 5.38. The molecule has 190 valence electrons. The number of hydrogen-bond acceptors (Lipinski definition) is 6. The number of carbonyl (C=O) groups is 1. The molecule has 1 aliphatic heterocycles. The normalized spacial score (nSPS) is 14.9. The van der Waals surface area contributed by atoms with E-state index in [0.29, 0.717) is 19.8 Å². The van der Waals surface area contributed by atoms with Crippen molar-refractivity contribution < 1.29 is 14.5 Å². The van der Waals surface area contributed by atoms with Gasteiger partial charge in [0.15, 0.2) is 0 Å². The summed E-state index contributed by atoms with van der Waals surface area (Å²) in [7, 11) is 0. The molecule has 3 heterocycles. The van der Waals surface area contributed by atoms with E-state index >= 15 is 0 Å². The van der Waals surface area contributed by atoms with Crippen LogP contribution in [0.3, 0.4) is 0 Å². The lowest BCUT2D eigenvalue weighted by Gasteiger charge is -2.26. The maximum absolute atomic E-state index is 13.1. The predicted molar refractivity (Wildman–Crippen MR) is 141 cm³/mol. The van der Waals surface area contributed by atoms with E-state index in [4.69, 9.17) is 4.74 Å². The summed E-state index contributed by atoms with van der Waals surface area (Å²) in [4.78, 5) is 34.1. The lowest BCUT2D eigenvalue weighted by Crippen LogP contribution is -2.41. The molecule has 1 atom stereocenters. The van der Waals surface area contributed by atoms with Crippen molar-refractivity contribution in [3.8, 4) is 11.3 Å². The first-order chi connectivity index (χ1) is 18.1. The zero-order valence-electron chi connectivity index (χ0n) is 20.4. The van der Waals surface area contributed by atoms with Gasteiger partial charge < -0.3 is 15.0 Å². The summed E-state index contributed by atoms with van der Waals surface area (Å²) in [5, 5.41) is 15.5. The SMILES string of the molecule is O=C(C[C@@H](c1cccc([N+](=O)[O-])c1)c1c[nH]c2cc(-c3ccccn3)ccc12)NCCN1CCOCC1. The minimum Gasteiger partial charge on any atom is -0.379 e. The quantitative estimate of drug-likeness (QED) is 0.265. The van der Waals surface area contributed by atoms with Crippen LogP contribution in [-0.2, 0) is 9.53 Å². The number of nitrogens with zero attached hydrogens (tertiary/aromatic N) is 3. The summed E-state index contributed by atoms with van der Waals surface area (Å²) in [5.74, 6) is -0.443. The van der Waals surface area contributed by atoms with Gasteiger partial charge in [-0.2, -0.15) is 0 Å². The third kappa shape index (κ3) is 5.84. The number of amides is 1. The van der Waals surface area contributed by atoms with Crippen molar-refractivity contribution in [1.29, 1.82) is 0 Å². The molecule has 2 aromatic heterocycles. The zero-order valence-corrected chi connectivity index (χ0v) is 20.4. The Morgan fingerprint density at radius 3 is 2.78 bits per heavy atom. The number of fused-ring (bicyclic) bond motifs is 1. The molecular weight excluding hydrogens is 470 g/mol. The molecule has 0 radical (unpaired) electrons. The van der Waals surface area contributed by atoms with Crippen LogP contribution in [0.4, 0.5) is 5.69 Å².